The summed E-state index contributed by atoms with van der Waals surface area (Å²) >= 11 is 14.2. The first-order chi connectivity index (χ1) is 6.38. The van der Waals surface area contributed by atoms with Gasteiger partial charge in [0.25, 0.3) is 0 Å². The molecule has 0 spiro atoms. The molecule has 1 rings (SSSR count). The van der Waals surface area contributed by atoms with E-state index >= 15 is 0 Å². The third kappa shape index (κ3) is 2.35. The Morgan fingerprint density at radius 2 is 1.71 bits per heavy atom. The van der Waals surface area contributed by atoms with Gasteiger partial charge in [-0.05, 0) is 11.6 Å². The van der Waals surface area contributed by atoms with Crippen molar-refractivity contribution >= 4 is 39.1 Å². The lowest BCUT2D eigenvalue weighted by Crippen LogP contribution is -2.06. The minimum atomic E-state index is -4.47. The first-order valence-corrected chi connectivity index (χ1v) is 5.35. The van der Waals surface area contributed by atoms with E-state index in [-0.39, 0.29) is 5.02 Å². The summed E-state index contributed by atoms with van der Waals surface area (Å²) in [4.78, 5) is 0. The van der Waals surface area contributed by atoms with E-state index in [0.29, 0.717) is 10.9 Å². The molecule has 0 aromatic heterocycles. The predicted molar refractivity (Wildman–Crippen MR) is 54.1 cm³/mol. The van der Waals surface area contributed by atoms with Crippen LogP contribution in [-0.2, 0) is 11.5 Å². The van der Waals surface area contributed by atoms with E-state index in [1.54, 1.807) is 0 Å². The lowest BCUT2D eigenvalue weighted by Gasteiger charge is -2.11. The zero-order valence-corrected chi connectivity index (χ0v) is 9.73. The Balaban J connectivity index is 3.31. The van der Waals surface area contributed by atoms with Gasteiger partial charge >= 0.3 is 6.18 Å². The SMILES string of the molecule is FC(F)(F)c1ccc(CBr)c(Cl)c1Cl. The van der Waals surface area contributed by atoms with Crippen molar-refractivity contribution < 1.29 is 13.2 Å². The Kier molecular flexibility index (Phi) is 3.72. The van der Waals surface area contributed by atoms with Crippen molar-refractivity contribution in [2.24, 2.45) is 0 Å². The monoisotopic (exact) mass is 306 g/mol. The van der Waals surface area contributed by atoms with Crippen molar-refractivity contribution in [3.05, 3.63) is 33.3 Å². The van der Waals surface area contributed by atoms with E-state index in [1.807, 2.05) is 0 Å². The molecule has 0 aliphatic heterocycles. The van der Waals surface area contributed by atoms with Gasteiger partial charge in [-0.3, -0.25) is 0 Å². The average molecular weight is 308 g/mol. The minimum Gasteiger partial charge on any atom is -0.166 e. The highest BCUT2D eigenvalue weighted by Gasteiger charge is 2.34. The fourth-order valence-electron chi connectivity index (χ4n) is 0.912. The summed E-state index contributed by atoms with van der Waals surface area (Å²) in [5, 5.41) is -0.140. The lowest BCUT2D eigenvalue weighted by molar-refractivity contribution is -0.137. The molecular weight excluding hydrogens is 304 g/mol. The summed E-state index contributed by atoms with van der Waals surface area (Å²) in [5.41, 5.74) is -0.376. The number of hydrogen-bond donors (Lipinski definition) is 0. The van der Waals surface area contributed by atoms with Crippen molar-refractivity contribution in [3.8, 4) is 0 Å². The Morgan fingerprint density at radius 1 is 1.14 bits per heavy atom. The van der Waals surface area contributed by atoms with E-state index < -0.39 is 16.8 Å². The van der Waals surface area contributed by atoms with Crippen molar-refractivity contribution in [3.63, 3.8) is 0 Å². The van der Waals surface area contributed by atoms with Gasteiger partial charge in [0.2, 0.25) is 0 Å². The van der Waals surface area contributed by atoms with Gasteiger partial charge in [-0.2, -0.15) is 13.2 Å². The summed E-state index contributed by atoms with van der Waals surface area (Å²) in [7, 11) is 0. The molecule has 78 valence electrons. The Bertz CT molecular complexity index is 349. The second kappa shape index (κ2) is 4.29. The van der Waals surface area contributed by atoms with E-state index in [0.717, 1.165) is 6.07 Å². The maximum Gasteiger partial charge on any atom is 0.417 e. The zero-order valence-electron chi connectivity index (χ0n) is 6.63. The van der Waals surface area contributed by atoms with Crippen LogP contribution in [0.2, 0.25) is 10.0 Å². The largest absolute Gasteiger partial charge is 0.417 e. The van der Waals surface area contributed by atoms with E-state index in [9.17, 15) is 13.2 Å². The molecule has 0 heterocycles. The highest BCUT2D eigenvalue weighted by atomic mass is 79.9. The molecule has 6 heteroatoms. The molecule has 0 radical (unpaired) electrons. The smallest absolute Gasteiger partial charge is 0.166 e. The number of rotatable bonds is 1. The summed E-state index contributed by atoms with van der Waals surface area (Å²) in [6, 6.07) is 2.22. The van der Waals surface area contributed by atoms with Crippen LogP contribution in [-0.4, -0.2) is 0 Å². The third-order valence-corrected chi connectivity index (χ3v) is 3.14. The molecule has 0 aliphatic carbocycles. The summed E-state index contributed by atoms with van der Waals surface area (Å²) in [6.07, 6.45) is -4.47. The van der Waals surface area contributed by atoms with Gasteiger partial charge in [0.15, 0.2) is 0 Å². The summed E-state index contributed by atoms with van der Waals surface area (Å²) in [6.45, 7) is 0. The number of hydrogen-bond acceptors (Lipinski definition) is 0. The van der Waals surface area contributed by atoms with Gasteiger partial charge in [-0.25, -0.2) is 0 Å². The van der Waals surface area contributed by atoms with E-state index in [4.69, 9.17) is 23.2 Å². The number of alkyl halides is 4. The van der Waals surface area contributed by atoms with Crippen LogP contribution in [0.4, 0.5) is 13.2 Å². The molecule has 0 unspecified atom stereocenters. The second-order valence-corrected chi connectivity index (χ2v) is 3.85. The van der Waals surface area contributed by atoms with Crippen molar-refractivity contribution in [1.29, 1.82) is 0 Å². The lowest BCUT2D eigenvalue weighted by atomic mass is 10.1. The molecule has 0 N–H and O–H groups in total. The van der Waals surface area contributed by atoms with E-state index in [1.165, 1.54) is 6.07 Å². The van der Waals surface area contributed by atoms with Crippen LogP contribution < -0.4 is 0 Å². The fourth-order valence-corrected chi connectivity index (χ4v) is 2.06. The molecule has 1 aromatic carbocycles. The molecule has 0 saturated carbocycles. The fraction of sp³-hybridized carbons (Fsp3) is 0.250. The third-order valence-electron chi connectivity index (χ3n) is 1.61. The molecule has 1 aromatic rings. The molecule has 0 aliphatic rings. The maximum absolute atomic E-state index is 12.3. The van der Waals surface area contributed by atoms with Crippen molar-refractivity contribution in [2.45, 2.75) is 11.5 Å². The molecule has 0 nitrogen and oxygen atoms in total. The molecule has 14 heavy (non-hydrogen) atoms. The number of benzene rings is 1. The Labute approximate surface area is 97.1 Å². The Morgan fingerprint density at radius 3 is 2.14 bits per heavy atom. The van der Waals surface area contributed by atoms with Crippen LogP contribution in [0.5, 0.6) is 0 Å². The van der Waals surface area contributed by atoms with Crippen molar-refractivity contribution in [1.82, 2.24) is 0 Å². The standard InChI is InChI=1S/C8H4BrCl2F3/c9-3-4-1-2-5(8(12,13)14)7(11)6(4)10/h1-2H,3H2. The van der Waals surface area contributed by atoms with Crippen LogP contribution in [0.25, 0.3) is 0 Å². The topological polar surface area (TPSA) is 0 Å². The summed E-state index contributed by atoms with van der Waals surface area (Å²) < 4.78 is 36.9. The van der Waals surface area contributed by atoms with Gasteiger partial charge in [-0.1, -0.05) is 45.2 Å². The highest BCUT2D eigenvalue weighted by Crippen LogP contribution is 2.39. The predicted octanol–water partition coefficient (Wildman–Crippen LogP) is 4.91. The highest BCUT2D eigenvalue weighted by molar-refractivity contribution is 9.08. The Hall–Kier alpha value is 0.0700. The van der Waals surface area contributed by atoms with Crippen LogP contribution in [0, 0.1) is 0 Å². The van der Waals surface area contributed by atoms with Crippen LogP contribution in [0.15, 0.2) is 12.1 Å². The van der Waals surface area contributed by atoms with E-state index in [2.05, 4.69) is 15.9 Å². The minimum absolute atomic E-state index is 0.0571. The number of halogens is 6. The summed E-state index contributed by atoms with van der Waals surface area (Å²) in [5.74, 6) is 0. The average Bonchev–Trinajstić information content (AvgIpc) is 2.07. The maximum atomic E-state index is 12.3. The molecule has 0 bridgehead atoms. The van der Waals surface area contributed by atoms with Gasteiger partial charge in [0, 0.05) is 5.33 Å². The zero-order chi connectivity index (χ0) is 10.9. The van der Waals surface area contributed by atoms with Gasteiger partial charge in [0.1, 0.15) is 0 Å². The first-order valence-electron chi connectivity index (χ1n) is 3.48. The molecule has 0 fully saturated rings. The molecular formula is C8H4BrCl2F3. The first kappa shape index (κ1) is 12.1. The normalized spacial score (nSPS) is 11.9. The van der Waals surface area contributed by atoms with Gasteiger partial charge in [-0.15, -0.1) is 0 Å². The quantitative estimate of drug-likeness (QED) is 0.647. The molecule has 0 atom stereocenters. The van der Waals surface area contributed by atoms with Gasteiger partial charge < -0.3 is 0 Å². The van der Waals surface area contributed by atoms with Crippen LogP contribution in [0.1, 0.15) is 11.1 Å². The molecule has 0 saturated heterocycles. The van der Waals surface area contributed by atoms with Crippen LogP contribution in [0.3, 0.4) is 0 Å². The second-order valence-electron chi connectivity index (χ2n) is 2.53. The van der Waals surface area contributed by atoms with Crippen LogP contribution >= 0.6 is 39.1 Å². The van der Waals surface area contributed by atoms with Crippen molar-refractivity contribution in [2.75, 3.05) is 0 Å². The molecule has 0 amide bonds. The van der Waals surface area contributed by atoms with Gasteiger partial charge in [0.05, 0.1) is 15.6 Å².